The second kappa shape index (κ2) is 12.6. The van der Waals surface area contributed by atoms with Gasteiger partial charge in [-0.2, -0.15) is 0 Å². The number of methoxy groups -OCH3 is 1. The molecule has 7 rings (SSSR count). The van der Waals surface area contributed by atoms with Crippen LogP contribution in [-0.2, 0) is 4.74 Å². The lowest BCUT2D eigenvalue weighted by molar-refractivity contribution is -0.0135. The number of esters is 1. The highest BCUT2D eigenvalue weighted by atomic mass is 16.5. The highest BCUT2D eigenvalue weighted by Gasteiger charge is 2.51. The lowest BCUT2D eigenvalue weighted by Crippen LogP contribution is -2.61. The van der Waals surface area contributed by atoms with E-state index in [0.29, 0.717) is 35.5 Å². The Hall–Kier alpha value is -4.53. The fraction of sp³-hybridized carbons (Fsp3) is 0.400. The number of benzene rings is 3. The van der Waals surface area contributed by atoms with E-state index in [0.717, 1.165) is 42.6 Å². The molecule has 0 saturated heterocycles. The molecule has 0 aliphatic heterocycles. The lowest BCUT2D eigenvalue weighted by Gasteiger charge is -2.56. The van der Waals surface area contributed by atoms with Gasteiger partial charge in [0, 0.05) is 29.8 Å². The maximum atomic E-state index is 13.0. The van der Waals surface area contributed by atoms with Gasteiger partial charge < -0.3 is 30.5 Å². The number of phenols is 1. The Balaban J connectivity index is 1.09. The van der Waals surface area contributed by atoms with Crippen molar-refractivity contribution in [1.82, 2.24) is 10.6 Å². The Bertz CT molecular complexity index is 1450. The smallest absolute Gasteiger partial charge is 0.337 e. The third-order valence-corrected chi connectivity index (χ3v) is 9.33. The lowest BCUT2D eigenvalue weighted by atomic mass is 9.53. The van der Waals surface area contributed by atoms with E-state index in [1.54, 1.807) is 48.5 Å². The monoisotopic (exact) mass is 597 g/mol. The van der Waals surface area contributed by atoms with E-state index in [4.69, 9.17) is 9.47 Å². The fourth-order valence-corrected chi connectivity index (χ4v) is 7.71. The first-order valence-corrected chi connectivity index (χ1v) is 15.4. The average molecular weight is 598 g/mol. The average Bonchev–Trinajstić information content (AvgIpc) is 3.01. The second-order valence-corrected chi connectivity index (χ2v) is 12.6. The van der Waals surface area contributed by atoms with Crippen LogP contribution >= 0.6 is 0 Å². The number of aromatic hydroxyl groups is 1. The van der Waals surface area contributed by atoms with Crippen molar-refractivity contribution < 1.29 is 29.0 Å². The molecule has 4 bridgehead atoms. The molecule has 0 heterocycles. The van der Waals surface area contributed by atoms with Crippen molar-refractivity contribution in [3.63, 3.8) is 0 Å². The van der Waals surface area contributed by atoms with E-state index in [2.05, 4.69) is 16.0 Å². The Labute approximate surface area is 257 Å². The maximum Gasteiger partial charge on any atom is 0.337 e. The van der Waals surface area contributed by atoms with Gasteiger partial charge in [0.2, 0.25) is 0 Å². The van der Waals surface area contributed by atoms with Crippen LogP contribution in [0.3, 0.4) is 0 Å². The van der Waals surface area contributed by atoms with Gasteiger partial charge >= 0.3 is 12.0 Å². The Kier molecular flexibility index (Phi) is 8.46. The van der Waals surface area contributed by atoms with Gasteiger partial charge in [-0.05, 0) is 123 Å². The van der Waals surface area contributed by atoms with Gasteiger partial charge in [0.15, 0.2) is 0 Å². The third-order valence-electron chi connectivity index (χ3n) is 9.33. The van der Waals surface area contributed by atoms with Gasteiger partial charge in [0.05, 0.1) is 12.7 Å². The number of ether oxygens (including phenoxy) is 2. The van der Waals surface area contributed by atoms with Gasteiger partial charge in [-0.3, -0.25) is 4.79 Å². The van der Waals surface area contributed by atoms with Crippen LogP contribution in [0.2, 0.25) is 0 Å². The molecule has 44 heavy (non-hydrogen) atoms. The van der Waals surface area contributed by atoms with Crippen molar-refractivity contribution in [3.8, 4) is 11.5 Å². The highest BCUT2D eigenvalue weighted by Crippen LogP contribution is 2.55. The highest BCUT2D eigenvalue weighted by molar-refractivity contribution is 6.04. The SMILES string of the molecule is COC(=O)c1ccc(C(CCNC(=O)NC23CC4CC(CC(C4)C2)C3)Oc2ccc(C(=O)Nc3ccc(O)cc3)cc2)cc1. The van der Waals surface area contributed by atoms with Crippen LogP contribution in [0.15, 0.2) is 72.8 Å². The number of hydrogen-bond acceptors (Lipinski definition) is 6. The van der Waals surface area contributed by atoms with Crippen molar-refractivity contribution >= 4 is 23.6 Å². The van der Waals surface area contributed by atoms with E-state index >= 15 is 0 Å². The summed E-state index contributed by atoms with van der Waals surface area (Å²) in [5.74, 6) is 2.22. The van der Waals surface area contributed by atoms with Crippen LogP contribution in [0, 0.1) is 17.8 Å². The third kappa shape index (κ3) is 6.82. The van der Waals surface area contributed by atoms with E-state index in [1.165, 1.54) is 38.5 Å². The number of urea groups is 1. The Morgan fingerprint density at radius 2 is 1.43 bits per heavy atom. The molecule has 3 aromatic rings. The van der Waals surface area contributed by atoms with Crippen LogP contribution in [0.1, 0.15) is 77.3 Å². The molecule has 1 unspecified atom stereocenters. The zero-order valence-electron chi connectivity index (χ0n) is 24.9. The summed E-state index contributed by atoms with van der Waals surface area (Å²) in [4.78, 5) is 37.7. The molecule has 3 amide bonds. The van der Waals surface area contributed by atoms with Gasteiger partial charge in [0.1, 0.15) is 17.6 Å². The molecule has 4 N–H and O–H groups in total. The summed E-state index contributed by atoms with van der Waals surface area (Å²) in [6, 6.07) is 20.0. The quantitative estimate of drug-likeness (QED) is 0.163. The Morgan fingerprint density at radius 3 is 2.02 bits per heavy atom. The number of amides is 3. The Morgan fingerprint density at radius 1 is 0.841 bits per heavy atom. The second-order valence-electron chi connectivity index (χ2n) is 12.6. The normalized spacial score (nSPS) is 23.8. The first kappa shape index (κ1) is 29.5. The zero-order chi connectivity index (χ0) is 30.7. The number of carbonyl (C=O) groups excluding carboxylic acids is 3. The number of carbonyl (C=O) groups is 3. The van der Waals surface area contributed by atoms with Crippen molar-refractivity contribution in [3.05, 3.63) is 89.5 Å². The number of phenolic OH excluding ortho intramolecular Hbond substituents is 1. The molecule has 4 aliphatic rings. The minimum atomic E-state index is -0.418. The number of anilines is 1. The molecule has 4 aliphatic carbocycles. The van der Waals surface area contributed by atoms with Crippen molar-refractivity contribution in [1.29, 1.82) is 0 Å². The molecule has 9 nitrogen and oxygen atoms in total. The molecule has 4 fully saturated rings. The molecular formula is C35H39N3O6. The number of nitrogens with one attached hydrogen (secondary N) is 3. The van der Waals surface area contributed by atoms with Gasteiger partial charge in [-0.25, -0.2) is 9.59 Å². The van der Waals surface area contributed by atoms with Crippen LogP contribution in [-0.4, -0.2) is 42.2 Å². The minimum absolute atomic E-state index is 0.0607. The number of rotatable bonds is 10. The standard InChI is InChI=1S/C35H39N3O6/c1-43-33(41)27-4-2-25(3-5-27)31(14-15-36-34(42)38-35-19-22-16-23(20-35)18-24(17-22)21-35)44-30-12-6-26(7-13-30)32(40)37-28-8-10-29(39)11-9-28/h2-13,22-24,31,39H,14-21H2,1H3,(H,37,40)(H2,36,38,42). The molecular weight excluding hydrogens is 558 g/mol. The van der Waals surface area contributed by atoms with Gasteiger partial charge in [0.25, 0.3) is 5.91 Å². The maximum absolute atomic E-state index is 13.0. The number of hydrogen-bond donors (Lipinski definition) is 4. The van der Waals surface area contributed by atoms with Crippen molar-refractivity contribution in [2.75, 3.05) is 19.0 Å². The molecule has 0 radical (unpaired) electrons. The zero-order valence-corrected chi connectivity index (χ0v) is 24.9. The van der Waals surface area contributed by atoms with E-state index in [1.807, 2.05) is 12.1 Å². The summed E-state index contributed by atoms with van der Waals surface area (Å²) in [6.45, 7) is 0.398. The predicted octanol–water partition coefficient (Wildman–Crippen LogP) is 6.21. The molecule has 0 spiro atoms. The summed E-state index contributed by atoms with van der Waals surface area (Å²) >= 11 is 0. The largest absolute Gasteiger partial charge is 0.508 e. The van der Waals surface area contributed by atoms with Gasteiger partial charge in [-0.15, -0.1) is 0 Å². The van der Waals surface area contributed by atoms with E-state index < -0.39 is 12.1 Å². The van der Waals surface area contributed by atoms with E-state index in [-0.39, 0.29) is 23.2 Å². The van der Waals surface area contributed by atoms with Crippen LogP contribution in [0.25, 0.3) is 0 Å². The minimum Gasteiger partial charge on any atom is -0.508 e. The van der Waals surface area contributed by atoms with Crippen molar-refractivity contribution in [2.24, 2.45) is 17.8 Å². The van der Waals surface area contributed by atoms with Gasteiger partial charge in [-0.1, -0.05) is 12.1 Å². The summed E-state index contributed by atoms with van der Waals surface area (Å²) in [7, 11) is 1.34. The summed E-state index contributed by atoms with van der Waals surface area (Å²) in [6.07, 6.45) is 7.31. The van der Waals surface area contributed by atoms with Crippen LogP contribution in [0.4, 0.5) is 10.5 Å². The topological polar surface area (TPSA) is 126 Å². The van der Waals surface area contributed by atoms with Crippen LogP contribution < -0.4 is 20.7 Å². The molecule has 3 aromatic carbocycles. The molecule has 230 valence electrons. The molecule has 0 aromatic heterocycles. The first-order chi connectivity index (χ1) is 21.3. The molecule has 4 saturated carbocycles. The first-order valence-electron chi connectivity index (χ1n) is 15.4. The summed E-state index contributed by atoms with van der Waals surface area (Å²) < 4.78 is 11.2. The van der Waals surface area contributed by atoms with E-state index in [9.17, 15) is 19.5 Å². The van der Waals surface area contributed by atoms with Crippen molar-refractivity contribution in [2.45, 2.75) is 56.6 Å². The molecule has 1 atom stereocenters. The fourth-order valence-electron chi connectivity index (χ4n) is 7.71. The van der Waals surface area contributed by atoms with Crippen LogP contribution in [0.5, 0.6) is 11.5 Å². The summed E-state index contributed by atoms with van der Waals surface area (Å²) in [5, 5.41) is 18.7. The predicted molar refractivity (Wildman–Crippen MR) is 166 cm³/mol. The summed E-state index contributed by atoms with van der Waals surface area (Å²) in [5.41, 5.74) is 2.24. The molecule has 9 heteroatoms.